The summed E-state index contributed by atoms with van der Waals surface area (Å²) in [5.41, 5.74) is 10.6. The fourth-order valence-corrected chi connectivity index (χ4v) is 2.54. The number of benzene rings is 1. The van der Waals surface area contributed by atoms with Crippen molar-refractivity contribution in [2.75, 3.05) is 0 Å². The van der Waals surface area contributed by atoms with E-state index in [4.69, 9.17) is 5.73 Å². The topological polar surface area (TPSA) is 46.2 Å². The molecule has 0 amide bonds. The van der Waals surface area contributed by atoms with E-state index < -0.39 is 6.10 Å². The molecule has 18 heavy (non-hydrogen) atoms. The van der Waals surface area contributed by atoms with Gasteiger partial charge in [-0.15, -0.1) is 0 Å². The summed E-state index contributed by atoms with van der Waals surface area (Å²) in [5.74, 6) is 0. The third-order valence-corrected chi connectivity index (χ3v) is 4.11. The van der Waals surface area contributed by atoms with E-state index in [0.717, 1.165) is 29.5 Å². The molecule has 2 rings (SSSR count). The van der Waals surface area contributed by atoms with Crippen LogP contribution in [0.25, 0.3) is 0 Å². The molecule has 1 fully saturated rings. The highest BCUT2D eigenvalue weighted by molar-refractivity contribution is 5.43. The Morgan fingerprint density at radius 1 is 1.17 bits per heavy atom. The van der Waals surface area contributed by atoms with E-state index in [-0.39, 0.29) is 11.0 Å². The van der Waals surface area contributed by atoms with Gasteiger partial charge in [-0.3, -0.25) is 0 Å². The SMILES string of the molecule is Cc1cc(C(C)(C)C)cc(C)c1C(O)C1(N)CC1. The van der Waals surface area contributed by atoms with Crippen molar-refractivity contribution in [2.45, 2.75) is 64.5 Å². The van der Waals surface area contributed by atoms with E-state index in [2.05, 4.69) is 46.8 Å². The monoisotopic (exact) mass is 247 g/mol. The molecule has 1 aromatic carbocycles. The van der Waals surface area contributed by atoms with Crippen molar-refractivity contribution in [1.82, 2.24) is 0 Å². The molecule has 1 aliphatic rings. The lowest BCUT2D eigenvalue weighted by Gasteiger charge is -2.26. The molecule has 100 valence electrons. The molecule has 1 atom stereocenters. The largest absolute Gasteiger partial charge is 0.386 e. The van der Waals surface area contributed by atoms with Crippen molar-refractivity contribution in [2.24, 2.45) is 5.73 Å². The second-order valence-corrected chi connectivity index (χ2v) is 6.91. The van der Waals surface area contributed by atoms with Crippen LogP contribution in [0.4, 0.5) is 0 Å². The number of rotatable bonds is 2. The maximum atomic E-state index is 10.4. The highest BCUT2D eigenvalue weighted by atomic mass is 16.3. The standard InChI is InChI=1S/C16H25NO/c1-10-8-12(15(3,4)5)9-11(2)13(10)14(18)16(17)6-7-16/h8-9,14,18H,6-7,17H2,1-5H3. The molecule has 0 radical (unpaired) electrons. The summed E-state index contributed by atoms with van der Waals surface area (Å²) < 4.78 is 0. The van der Waals surface area contributed by atoms with Gasteiger partial charge in [-0.2, -0.15) is 0 Å². The summed E-state index contributed by atoms with van der Waals surface area (Å²) in [6, 6.07) is 4.38. The first-order valence-corrected chi connectivity index (χ1v) is 6.74. The Morgan fingerprint density at radius 2 is 1.61 bits per heavy atom. The summed E-state index contributed by atoms with van der Waals surface area (Å²) >= 11 is 0. The van der Waals surface area contributed by atoms with Crippen molar-refractivity contribution >= 4 is 0 Å². The van der Waals surface area contributed by atoms with Gasteiger partial charge in [0.15, 0.2) is 0 Å². The molecule has 0 bridgehead atoms. The van der Waals surface area contributed by atoms with Crippen LogP contribution in [0.1, 0.15) is 62.0 Å². The molecule has 0 spiro atoms. The summed E-state index contributed by atoms with van der Waals surface area (Å²) in [5, 5.41) is 10.4. The van der Waals surface area contributed by atoms with E-state index in [1.807, 2.05) is 0 Å². The Kier molecular flexibility index (Phi) is 3.07. The van der Waals surface area contributed by atoms with E-state index >= 15 is 0 Å². The smallest absolute Gasteiger partial charge is 0.0974 e. The van der Waals surface area contributed by atoms with Gasteiger partial charge in [0.1, 0.15) is 0 Å². The van der Waals surface area contributed by atoms with Gasteiger partial charge in [0, 0.05) is 5.54 Å². The number of nitrogens with two attached hydrogens (primary N) is 1. The summed E-state index contributed by atoms with van der Waals surface area (Å²) in [6.07, 6.45) is 1.33. The Morgan fingerprint density at radius 3 is 1.94 bits per heavy atom. The molecule has 1 unspecified atom stereocenters. The summed E-state index contributed by atoms with van der Waals surface area (Å²) in [6.45, 7) is 10.8. The first kappa shape index (κ1) is 13.6. The van der Waals surface area contributed by atoms with Crippen molar-refractivity contribution < 1.29 is 5.11 Å². The predicted molar refractivity (Wildman–Crippen MR) is 75.7 cm³/mol. The average Bonchev–Trinajstić information content (AvgIpc) is 2.95. The number of hydrogen-bond acceptors (Lipinski definition) is 2. The average molecular weight is 247 g/mol. The van der Waals surface area contributed by atoms with Gasteiger partial charge < -0.3 is 10.8 Å². The minimum Gasteiger partial charge on any atom is -0.386 e. The van der Waals surface area contributed by atoms with Crippen molar-refractivity contribution in [1.29, 1.82) is 0 Å². The van der Waals surface area contributed by atoms with Crippen LogP contribution in [0.15, 0.2) is 12.1 Å². The highest BCUT2D eigenvalue weighted by Crippen LogP contribution is 2.45. The lowest BCUT2D eigenvalue weighted by atomic mass is 9.82. The number of aliphatic hydroxyl groups is 1. The van der Waals surface area contributed by atoms with Gasteiger partial charge in [-0.1, -0.05) is 32.9 Å². The van der Waals surface area contributed by atoms with Crippen molar-refractivity contribution in [3.63, 3.8) is 0 Å². The lowest BCUT2D eigenvalue weighted by molar-refractivity contribution is 0.134. The van der Waals surface area contributed by atoms with Gasteiger partial charge >= 0.3 is 0 Å². The molecule has 1 saturated carbocycles. The Balaban J connectivity index is 2.44. The van der Waals surface area contributed by atoms with Crippen LogP contribution >= 0.6 is 0 Å². The first-order valence-electron chi connectivity index (χ1n) is 6.74. The molecule has 0 heterocycles. The van der Waals surface area contributed by atoms with E-state index in [9.17, 15) is 5.11 Å². The molecule has 1 aliphatic carbocycles. The van der Waals surface area contributed by atoms with Crippen molar-refractivity contribution in [3.05, 3.63) is 34.4 Å². The second-order valence-electron chi connectivity index (χ2n) is 6.91. The normalized spacial score (nSPS) is 19.7. The maximum absolute atomic E-state index is 10.4. The van der Waals surface area contributed by atoms with Crippen LogP contribution in [0, 0.1) is 13.8 Å². The van der Waals surface area contributed by atoms with Gasteiger partial charge in [0.25, 0.3) is 0 Å². The Bertz CT molecular complexity index is 443. The van der Waals surface area contributed by atoms with Crippen LogP contribution in [-0.4, -0.2) is 10.6 Å². The number of aryl methyl sites for hydroxylation is 2. The van der Waals surface area contributed by atoms with Gasteiger partial charge in [-0.05, 0) is 54.4 Å². The molecule has 2 heteroatoms. The fraction of sp³-hybridized carbons (Fsp3) is 0.625. The Labute approximate surface area is 110 Å². The highest BCUT2D eigenvalue weighted by Gasteiger charge is 2.46. The number of aliphatic hydroxyl groups excluding tert-OH is 1. The molecule has 0 saturated heterocycles. The minimum absolute atomic E-state index is 0.138. The zero-order valence-electron chi connectivity index (χ0n) is 12.2. The third-order valence-electron chi connectivity index (χ3n) is 4.11. The fourth-order valence-electron chi connectivity index (χ4n) is 2.54. The zero-order chi connectivity index (χ0) is 13.7. The maximum Gasteiger partial charge on any atom is 0.0974 e. The van der Waals surface area contributed by atoms with Crippen LogP contribution in [-0.2, 0) is 5.41 Å². The molecular weight excluding hydrogens is 222 g/mol. The molecule has 0 aliphatic heterocycles. The third kappa shape index (κ3) is 2.32. The van der Waals surface area contributed by atoms with Crippen LogP contribution in [0.3, 0.4) is 0 Å². The predicted octanol–water partition coefficient (Wildman–Crippen LogP) is 3.13. The van der Waals surface area contributed by atoms with Gasteiger partial charge in [0.05, 0.1) is 6.10 Å². The van der Waals surface area contributed by atoms with Crippen LogP contribution in [0.5, 0.6) is 0 Å². The molecule has 0 aromatic heterocycles. The van der Waals surface area contributed by atoms with Crippen LogP contribution < -0.4 is 5.73 Å². The second kappa shape index (κ2) is 4.07. The zero-order valence-corrected chi connectivity index (χ0v) is 12.2. The van der Waals surface area contributed by atoms with Gasteiger partial charge in [-0.25, -0.2) is 0 Å². The number of hydrogen-bond donors (Lipinski definition) is 2. The molecule has 1 aromatic rings. The first-order chi connectivity index (χ1) is 8.15. The molecule has 3 N–H and O–H groups in total. The lowest BCUT2D eigenvalue weighted by Crippen LogP contribution is -2.31. The minimum atomic E-state index is -0.522. The van der Waals surface area contributed by atoms with Gasteiger partial charge in [0.2, 0.25) is 0 Å². The van der Waals surface area contributed by atoms with E-state index in [0.29, 0.717) is 0 Å². The summed E-state index contributed by atoms with van der Waals surface area (Å²) in [7, 11) is 0. The molecule has 2 nitrogen and oxygen atoms in total. The molecular formula is C16H25NO. The van der Waals surface area contributed by atoms with Crippen molar-refractivity contribution in [3.8, 4) is 0 Å². The van der Waals surface area contributed by atoms with E-state index in [1.165, 1.54) is 5.56 Å². The van der Waals surface area contributed by atoms with Crippen LogP contribution in [0.2, 0.25) is 0 Å². The quantitative estimate of drug-likeness (QED) is 0.843. The Hall–Kier alpha value is -0.860. The van der Waals surface area contributed by atoms with E-state index in [1.54, 1.807) is 0 Å². The summed E-state index contributed by atoms with van der Waals surface area (Å²) in [4.78, 5) is 0.